The van der Waals surface area contributed by atoms with Crippen LogP contribution < -0.4 is 0 Å². The van der Waals surface area contributed by atoms with E-state index >= 15 is 0 Å². The van der Waals surface area contributed by atoms with Gasteiger partial charge in [0.1, 0.15) is 11.6 Å². The molecule has 0 aliphatic heterocycles. The normalized spacial score (nSPS) is 11.6. The number of aromatic nitrogens is 2. The van der Waals surface area contributed by atoms with Crippen LogP contribution in [0.5, 0.6) is 0 Å². The standard InChI is InChI=1S/C74H62N4/c1-41-25-45(5)71(46(6)26-41)53-17-21-60-61-22-18-54(72-47(7)27-42(2)28-48(72)8)34-66(61)77(65(60)33-53)69-37-58(59-16-14-13-15-57(59)39-75)38-70(64(69)40-76)78-67-35-55(73-49(9)29-43(3)30-50(73)10)19-23-62(67)63-24-20-56(36-68(63)78)74-51(11)31-44(4)32-52(74)12/h13-38H,1-12H3. The average molecular weight is 1010 g/mol. The number of rotatable bonds is 7. The second kappa shape index (κ2) is 18.8. The van der Waals surface area contributed by atoms with Gasteiger partial charge in [-0.05, 0) is 226 Å². The molecular formula is C74H62N4. The number of hydrogen-bond donors (Lipinski definition) is 0. The molecule has 0 radical (unpaired) electrons. The molecule has 0 bridgehead atoms. The number of nitriles is 2. The second-order valence-electron chi connectivity index (χ2n) is 22.4. The van der Waals surface area contributed by atoms with Gasteiger partial charge in [0.05, 0.1) is 45.1 Å². The van der Waals surface area contributed by atoms with Gasteiger partial charge in [-0.15, -0.1) is 0 Å². The highest BCUT2D eigenvalue weighted by molar-refractivity contribution is 6.14. The fourth-order valence-electron chi connectivity index (χ4n) is 13.8. The van der Waals surface area contributed by atoms with E-state index in [2.05, 4.69) is 238 Å². The number of fused-ring (bicyclic) bond motifs is 6. The number of benzene rings is 10. The van der Waals surface area contributed by atoms with Gasteiger partial charge in [0.15, 0.2) is 0 Å². The van der Waals surface area contributed by atoms with Gasteiger partial charge in [0.2, 0.25) is 0 Å². The first kappa shape index (κ1) is 49.6. The van der Waals surface area contributed by atoms with Crippen LogP contribution in [0.4, 0.5) is 0 Å². The predicted octanol–water partition coefficient (Wildman–Crippen LogP) is 19.7. The van der Waals surface area contributed by atoms with Gasteiger partial charge in [-0.2, -0.15) is 10.5 Å². The van der Waals surface area contributed by atoms with Crippen molar-refractivity contribution in [3.05, 3.63) is 236 Å². The molecule has 0 spiro atoms. The first-order chi connectivity index (χ1) is 37.5. The maximum atomic E-state index is 12.2. The van der Waals surface area contributed by atoms with Gasteiger partial charge in [-0.25, -0.2) is 0 Å². The van der Waals surface area contributed by atoms with Crippen molar-refractivity contribution in [1.82, 2.24) is 9.13 Å². The van der Waals surface area contributed by atoms with Crippen LogP contribution in [-0.4, -0.2) is 9.13 Å². The molecule has 0 saturated heterocycles. The number of nitrogens with zero attached hydrogens (tertiary/aromatic N) is 4. The van der Waals surface area contributed by atoms with Crippen molar-refractivity contribution in [2.45, 2.75) is 83.1 Å². The first-order valence-electron chi connectivity index (χ1n) is 27.1. The fourth-order valence-corrected chi connectivity index (χ4v) is 13.8. The highest BCUT2D eigenvalue weighted by Gasteiger charge is 2.26. The third kappa shape index (κ3) is 8.02. The van der Waals surface area contributed by atoms with Gasteiger partial charge in [0.25, 0.3) is 0 Å². The van der Waals surface area contributed by atoms with E-state index in [1.165, 1.54) is 89.0 Å². The number of aryl methyl sites for hydroxylation is 12. The highest BCUT2D eigenvalue weighted by Crippen LogP contribution is 2.45. The van der Waals surface area contributed by atoms with E-state index in [1.807, 2.05) is 24.3 Å². The third-order valence-electron chi connectivity index (χ3n) is 16.4. The molecule has 378 valence electrons. The summed E-state index contributed by atoms with van der Waals surface area (Å²) in [4.78, 5) is 0. The van der Waals surface area contributed by atoms with E-state index < -0.39 is 0 Å². The summed E-state index contributed by atoms with van der Waals surface area (Å²) in [6.45, 7) is 26.3. The molecule has 12 aromatic rings. The summed E-state index contributed by atoms with van der Waals surface area (Å²) in [5.74, 6) is 0. The third-order valence-corrected chi connectivity index (χ3v) is 16.4. The maximum absolute atomic E-state index is 12.2. The molecule has 0 amide bonds. The van der Waals surface area contributed by atoms with Crippen molar-refractivity contribution in [2.75, 3.05) is 0 Å². The Kier molecular flexibility index (Phi) is 12.0. The molecule has 12 rings (SSSR count). The minimum atomic E-state index is 0.521. The molecule has 0 unspecified atom stereocenters. The van der Waals surface area contributed by atoms with Gasteiger partial charge in [0, 0.05) is 21.5 Å². The van der Waals surface area contributed by atoms with Crippen LogP contribution in [0, 0.1) is 106 Å². The summed E-state index contributed by atoms with van der Waals surface area (Å²) >= 11 is 0. The quantitative estimate of drug-likeness (QED) is 0.160. The summed E-state index contributed by atoms with van der Waals surface area (Å²) in [6, 6.07) is 63.2. The van der Waals surface area contributed by atoms with Crippen LogP contribution in [0.2, 0.25) is 0 Å². The lowest BCUT2D eigenvalue weighted by atomic mass is 9.92. The Hall–Kier alpha value is -9.22. The molecule has 0 saturated carbocycles. The van der Waals surface area contributed by atoms with E-state index in [0.717, 1.165) is 88.4 Å². The SMILES string of the molecule is Cc1cc(C)c(-c2ccc3c4ccc(-c5c(C)cc(C)cc5C)cc4n(-c4cc(-c5ccccc5C#N)cc(-n5c6cc(-c7c(C)cc(C)cc7C)ccc6c6ccc(-c7c(C)cc(C)cc7C)cc65)c4C#N)c3c2)c(C)c1. The molecular weight excluding hydrogens is 945 g/mol. The van der Waals surface area contributed by atoms with Crippen LogP contribution >= 0.6 is 0 Å². The van der Waals surface area contributed by atoms with Crippen LogP contribution in [0.25, 0.3) is 111 Å². The Morgan fingerprint density at radius 3 is 0.846 bits per heavy atom. The van der Waals surface area contributed by atoms with Gasteiger partial charge in [-0.3, -0.25) is 0 Å². The van der Waals surface area contributed by atoms with E-state index in [0.29, 0.717) is 11.1 Å². The molecule has 0 aliphatic carbocycles. The van der Waals surface area contributed by atoms with Gasteiger partial charge < -0.3 is 9.13 Å². The average Bonchev–Trinajstić information content (AvgIpc) is 4.13. The van der Waals surface area contributed by atoms with Crippen LogP contribution in [0.15, 0.2) is 158 Å². The molecule has 10 aromatic carbocycles. The predicted molar refractivity (Wildman–Crippen MR) is 329 cm³/mol. The van der Waals surface area contributed by atoms with E-state index in [4.69, 9.17) is 0 Å². The molecule has 0 aliphatic rings. The molecule has 4 heteroatoms. The Morgan fingerprint density at radius 1 is 0.295 bits per heavy atom. The van der Waals surface area contributed by atoms with Crippen molar-refractivity contribution < 1.29 is 0 Å². The highest BCUT2D eigenvalue weighted by atomic mass is 15.0. The van der Waals surface area contributed by atoms with Crippen LogP contribution in [-0.2, 0) is 0 Å². The molecule has 78 heavy (non-hydrogen) atoms. The van der Waals surface area contributed by atoms with Crippen molar-refractivity contribution in [3.63, 3.8) is 0 Å². The zero-order valence-electron chi connectivity index (χ0n) is 46.8. The van der Waals surface area contributed by atoms with E-state index in [9.17, 15) is 10.5 Å². The minimum absolute atomic E-state index is 0.521. The number of hydrogen-bond acceptors (Lipinski definition) is 2. The smallest absolute Gasteiger partial charge is 0.104 e. The van der Waals surface area contributed by atoms with Crippen molar-refractivity contribution in [1.29, 1.82) is 10.5 Å². The molecule has 0 atom stereocenters. The van der Waals surface area contributed by atoms with E-state index in [1.54, 1.807) is 0 Å². The lowest BCUT2D eigenvalue weighted by molar-refractivity contribution is 1.12. The van der Waals surface area contributed by atoms with Gasteiger partial charge in [-0.1, -0.05) is 138 Å². The lowest BCUT2D eigenvalue weighted by Crippen LogP contribution is -2.06. The van der Waals surface area contributed by atoms with Crippen LogP contribution in [0.3, 0.4) is 0 Å². The molecule has 4 nitrogen and oxygen atoms in total. The summed E-state index contributed by atoms with van der Waals surface area (Å²) in [5.41, 5.74) is 32.1. The maximum Gasteiger partial charge on any atom is 0.104 e. The first-order valence-corrected chi connectivity index (χ1v) is 27.1. The Morgan fingerprint density at radius 2 is 0.577 bits per heavy atom. The molecule has 2 heterocycles. The Bertz CT molecular complexity index is 4070. The van der Waals surface area contributed by atoms with Crippen molar-refractivity contribution in [3.8, 4) is 79.1 Å². The fraction of sp³-hybridized carbons (Fsp3) is 0.162. The van der Waals surface area contributed by atoms with E-state index in [-0.39, 0.29) is 0 Å². The van der Waals surface area contributed by atoms with Crippen molar-refractivity contribution in [2.24, 2.45) is 0 Å². The lowest BCUT2D eigenvalue weighted by Gasteiger charge is -2.20. The zero-order valence-corrected chi connectivity index (χ0v) is 46.8. The molecule has 0 fully saturated rings. The summed E-state index contributed by atoms with van der Waals surface area (Å²) in [5, 5.41) is 27.4. The summed E-state index contributed by atoms with van der Waals surface area (Å²) < 4.78 is 4.69. The summed E-state index contributed by atoms with van der Waals surface area (Å²) in [6.07, 6.45) is 0. The van der Waals surface area contributed by atoms with Crippen LogP contribution in [0.1, 0.15) is 77.9 Å². The second-order valence-corrected chi connectivity index (χ2v) is 22.4. The minimum Gasteiger partial charge on any atom is -0.308 e. The largest absolute Gasteiger partial charge is 0.308 e. The molecule has 2 aromatic heterocycles. The monoisotopic (exact) mass is 1010 g/mol. The van der Waals surface area contributed by atoms with Gasteiger partial charge >= 0.3 is 0 Å². The topological polar surface area (TPSA) is 57.4 Å². The Balaban J connectivity index is 1.27. The van der Waals surface area contributed by atoms with Crippen molar-refractivity contribution >= 4 is 43.6 Å². The molecule has 0 N–H and O–H groups in total. The zero-order chi connectivity index (χ0) is 54.6. The summed E-state index contributed by atoms with van der Waals surface area (Å²) in [7, 11) is 0. The Labute approximate surface area is 458 Å².